The highest BCUT2D eigenvalue weighted by atomic mass is 32.2. The number of hydrogen-bond acceptors (Lipinski definition) is 5. The van der Waals surface area contributed by atoms with Crippen molar-refractivity contribution in [3.8, 4) is 0 Å². The van der Waals surface area contributed by atoms with Gasteiger partial charge in [-0.05, 0) is 6.42 Å². The summed E-state index contributed by atoms with van der Waals surface area (Å²) in [5, 5.41) is 10.9. The molecule has 1 aromatic heterocycles. The molecule has 1 unspecified atom stereocenters. The van der Waals surface area contributed by atoms with Gasteiger partial charge in [-0.1, -0.05) is 6.92 Å². The van der Waals surface area contributed by atoms with Crippen molar-refractivity contribution < 1.29 is 8.42 Å². The van der Waals surface area contributed by atoms with E-state index in [-0.39, 0.29) is 11.8 Å². The summed E-state index contributed by atoms with van der Waals surface area (Å²) in [6.45, 7) is 2.38. The summed E-state index contributed by atoms with van der Waals surface area (Å²) in [6, 6.07) is 0.117. The third kappa shape index (κ3) is 4.70. The molecular formula is C8H15N3O2S2. The van der Waals surface area contributed by atoms with Crippen LogP contribution in [0.5, 0.6) is 0 Å². The Bertz CT molecular complexity index is 375. The van der Waals surface area contributed by atoms with Crippen LogP contribution in [0.15, 0.2) is 11.6 Å². The van der Waals surface area contributed by atoms with Crippen LogP contribution in [0.25, 0.3) is 0 Å². The van der Waals surface area contributed by atoms with Gasteiger partial charge in [-0.3, -0.25) is 0 Å². The fourth-order valence-corrected chi connectivity index (χ4v) is 2.39. The van der Waals surface area contributed by atoms with E-state index >= 15 is 0 Å². The molecule has 0 bridgehead atoms. The van der Waals surface area contributed by atoms with Gasteiger partial charge in [0.05, 0.1) is 11.8 Å². The van der Waals surface area contributed by atoms with Gasteiger partial charge in [0.2, 0.25) is 10.0 Å². The summed E-state index contributed by atoms with van der Waals surface area (Å²) < 4.78 is 21.4. The van der Waals surface area contributed by atoms with Gasteiger partial charge in [0, 0.05) is 18.1 Å². The molecule has 1 atom stereocenters. The van der Waals surface area contributed by atoms with Gasteiger partial charge in [0.1, 0.15) is 5.01 Å². The fourth-order valence-electron chi connectivity index (χ4n) is 1.19. The van der Waals surface area contributed by atoms with E-state index in [9.17, 15) is 8.42 Å². The highest BCUT2D eigenvalue weighted by Crippen LogP contribution is 2.18. The average Bonchev–Trinajstić information content (AvgIpc) is 2.63. The number of sulfonamides is 1. The van der Waals surface area contributed by atoms with Crippen LogP contribution < -0.4 is 10.5 Å². The van der Waals surface area contributed by atoms with Gasteiger partial charge in [0.15, 0.2) is 0 Å². The Morgan fingerprint density at radius 2 is 2.40 bits per heavy atom. The second-order valence-corrected chi connectivity index (χ2v) is 5.81. The molecule has 5 nitrogen and oxygen atoms in total. The molecule has 7 heteroatoms. The van der Waals surface area contributed by atoms with Gasteiger partial charge in [-0.15, -0.1) is 11.3 Å². The van der Waals surface area contributed by atoms with E-state index in [1.807, 2.05) is 12.3 Å². The minimum absolute atomic E-state index is 0.0468. The topological polar surface area (TPSA) is 85.1 Å². The highest BCUT2D eigenvalue weighted by Gasteiger charge is 2.11. The molecule has 0 saturated carbocycles. The predicted molar refractivity (Wildman–Crippen MR) is 61.1 cm³/mol. The van der Waals surface area contributed by atoms with Crippen LogP contribution in [0.2, 0.25) is 0 Å². The molecule has 0 aromatic carbocycles. The number of nitrogens with zero attached hydrogens (tertiary/aromatic N) is 1. The molecule has 86 valence electrons. The first-order valence-corrected chi connectivity index (χ1v) is 7.25. The van der Waals surface area contributed by atoms with Crippen LogP contribution in [0.4, 0.5) is 0 Å². The van der Waals surface area contributed by atoms with Crippen LogP contribution in [0, 0.1) is 0 Å². The summed E-state index contributed by atoms with van der Waals surface area (Å²) in [5.74, 6) is -0.0468. The van der Waals surface area contributed by atoms with Crippen LogP contribution in [0.3, 0.4) is 0 Å². The van der Waals surface area contributed by atoms with Crippen LogP contribution >= 0.6 is 11.3 Å². The Morgan fingerprint density at radius 3 is 2.87 bits per heavy atom. The zero-order chi connectivity index (χ0) is 11.3. The van der Waals surface area contributed by atoms with Crippen molar-refractivity contribution in [3.05, 3.63) is 16.6 Å². The largest absolute Gasteiger partial charge is 0.307 e. The Hall–Kier alpha value is -0.500. The Morgan fingerprint density at radius 1 is 1.67 bits per heavy atom. The number of primary sulfonamides is 1. The lowest BCUT2D eigenvalue weighted by Crippen LogP contribution is -2.29. The number of thiazole rings is 1. The van der Waals surface area contributed by atoms with Gasteiger partial charge in [-0.2, -0.15) is 0 Å². The van der Waals surface area contributed by atoms with E-state index in [4.69, 9.17) is 5.14 Å². The first kappa shape index (κ1) is 12.6. The summed E-state index contributed by atoms with van der Waals surface area (Å²) in [5.41, 5.74) is 0. The van der Waals surface area contributed by atoms with Crippen LogP contribution in [-0.4, -0.2) is 25.7 Å². The SMILES string of the molecule is CCC(NCCS(N)(=O)=O)c1nccs1. The van der Waals surface area contributed by atoms with Crippen molar-refractivity contribution in [2.75, 3.05) is 12.3 Å². The van der Waals surface area contributed by atoms with Crippen molar-refractivity contribution in [1.29, 1.82) is 0 Å². The molecule has 0 amide bonds. The number of rotatable bonds is 6. The molecule has 0 aliphatic heterocycles. The number of nitrogens with one attached hydrogen (secondary N) is 1. The smallest absolute Gasteiger partial charge is 0.210 e. The zero-order valence-corrected chi connectivity index (χ0v) is 10.1. The van der Waals surface area contributed by atoms with Gasteiger partial charge in [0.25, 0.3) is 0 Å². The number of aromatic nitrogens is 1. The van der Waals surface area contributed by atoms with Crippen LogP contribution in [-0.2, 0) is 10.0 Å². The summed E-state index contributed by atoms with van der Waals surface area (Å²) in [6.07, 6.45) is 2.61. The molecule has 0 aliphatic carbocycles. The Labute approximate surface area is 93.8 Å². The predicted octanol–water partition coefficient (Wildman–Crippen LogP) is 0.472. The quantitative estimate of drug-likeness (QED) is 0.767. The molecule has 0 radical (unpaired) electrons. The lowest BCUT2D eigenvalue weighted by molar-refractivity contribution is 0.529. The molecule has 0 aliphatic rings. The number of hydrogen-bond donors (Lipinski definition) is 2. The fraction of sp³-hybridized carbons (Fsp3) is 0.625. The Kier molecular flexibility index (Phi) is 4.65. The third-order valence-electron chi connectivity index (χ3n) is 1.94. The highest BCUT2D eigenvalue weighted by molar-refractivity contribution is 7.89. The van der Waals surface area contributed by atoms with Gasteiger partial charge < -0.3 is 5.32 Å². The lowest BCUT2D eigenvalue weighted by atomic mass is 10.2. The molecule has 0 fully saturated rings. The standard InChI is InChI=1S/C8H15N3O2S2/c1-2-7(8-11-3-5-14-8)10-4-6-15(9,12)13/h3,5,7,10H,2,4,6H2,1H3,(H2,9,12,13). The summed E-state index contributed by atoms with van der Waals surface area (Å²) >= 11 is 1.56. The van der Waals surface area contributed by atoms with Gasteiger partial charge in [-0.25, -0.2) is 18.5 Å². The maximum absolute atomic E-state index is 10.7. The molecule has 3 N–H and O–H groups in total. The molecule has 1 heterocycles. The van der Waals surface area contributed by atoms with E-state index in [0.29, 0.717) is 6.54 Å². The van der Waals surface area contributed by atoms with Crippen molar-refractivity contribution in [2.24, 2.45) is 5.14 Å². The molecule has 0 saturated heterocycles. The monoisotopic (exact) mass is 249 g/mol. The Balaban J connectivity index is 2.42. The van der Waals surface area contributed by atoms with E-state index in [0.717, 1.165) is 11.4 Å². The third-order valence-corrected chi connectivity index (χ3v) is 3.60. The summed E-state index contributed by atoms with van der Waals surface area (Å²) in [4.78, 5) is 4.18. The second kappa shape index (κ2) is 5.55. The van der Waals surface area contributed by atoms with E-state index in [2.05, 4.69) is 10.3 Å². The molecule has 0 spiro atoms. The minimum atomic E-state index is -3.38. The normalized spacial score (nSPS) is 14.0. The van der Waals surface area contributed by atoms with Gasteiger partial charge >= 0.3 is 0 Å². The van der Waals surface area contributed by atoms with Crippen molar-refractivity contribution in [1.82, 2.24) is 10.3 Å². The minimum Gasteiger partial charge on any atom is -0.307 e. The molecule has 1 rings (SSSR count). The first-order chi connectivity index (χ1) is 7.03. The zero-order valence-electron chi connectivity index (χ0n) is 8.51. The maximum Gasteiger partial charge on any atom is 0.210 e. The first-order valence-electron chi connectivity index (χ1n) is 4.66. The molecule has 15 heavy (non-hydrogen) atoms. The molecular weight excluding hydrogens is 234 g/mol. The van der Waals surface area contributed by atoms with Crippen molar-refractivity contribution in [2.45, 2.75) is 19.4 Å². The lowest BCUT2D eigenvalue weighted by Gasteiger charge is -2.13. The van der Waals surface area contributed by atoms with Crippen molar-refractivity contribution in [3.63, 3.8) is 0 Å². The molecule has 1 aromatic rings. The maximum atomic E-state index is 10.7. The van der Waals surface area contributed by atoms with E-state index in [1.165, 1.54) is 0 Å². The second-order valence-electron chi connectivity index (χ2n) is 3.15. The van der Waals surface area contributed by atoms with Crippen LogP contribution in [0.1, 0.15) is 24.4 Å². The average molecular weight is 249 g/mol. The van der Waals surface area contributed by atoms with E-state index in [1.54, 1.807) is 17.5 Å². The van der Waals surface area contributed by atoms with Crippen molar-refractivity contribution >= 4 is 21.4 Å². The summed E-state index contributed by atoms with van der Waals surface area (Å²) in [7, 11) is -3.38. The number of nitrogens with two attached hydrogens (primary N) is 1. The van der Waals surface area contributed by atoms with E-state index < -0.39 is 10.0 Å².